The van der Waals surface area contributed by atoms with E-state index in [-0.39, 0.29) is 22.7 Å². The quantitative estimate of drug-likeness (QED) is 0.697. The molecule has 1 aromatic rings. The predicted molar refractivity (Wildman–Crippen MR) is 109 cm³/mol. The van der Waals surface area contributed by atoms with Gasteiger partial charge < -0.3 is 9.64 Å². The Morgan fingerprint density at radius 1 is 1.00 bits per heavy atom. The summed E-state index contributed by atoms with van der Waals surface area (Å²) in [7, 11) is -2.25. The van der Waals surface area contributed by atoms with Crippen LogP contribution in [0, 0.1) is 12.8 Å². The van der Waals surface area contributed by atoms with Gasteiger partial charge in [-0.15, -0.1) is 0 Å². The number of likely N-dealkylation sites (tertiary alicyclic amines) is 1. The number of benzene rings is 1. The molecule has 2 saturated heterocycles. The molecule has 3 rings (SSSR count). The van der Waals surface area contributed by atoms with Gasteiger partial charge in [-0.2, -0.15) is 4.31 Å². The molecule has 0 unspecified atom stereocenters. The topological polar surface area (TPSA) is 84.0 Å². The second kappa shape index (κ2) is 9.26. The van der Waals surface area contributed by atoms with Crippen molar-refractivity contribution in [2.24, 2.45) is 5.92 Å². The van der Waals surface area contributed by atoms with Crippen LogP contribution in [0.2, 0.25) is 0 Å². The molecule has 1 aromatic carbocycles. The van der Waals surface area contributed by atoms with Crippen molar-refractivity contribution in [3.05, 3.63) is 29.3 Å². The lowest BCUT2D eigenvalue weighted by Gasteiger charge is -2.31. The van der Waals surface area contributed by atoms with E-state index in [9.17, 15) is 18.0 Å². The molecular weight excluding hydrogens is 392 g/mol. The van der Waals surface area contributed by atoms with E-state index in [1.807, 2.05) is 0 Å². The first-order valence-electron chi connectivity index (χ1n) is 10.3. The van der Waals surface area contributed by atoms with E-state index in [0.717, 1.165) is 25.7 Å². The van der Waals surface area contributed by atoms with Gasteiger partial charge in [0.05, 0.1) is 17.9 Å². The molecule has 2 aliphatic heterocycles. The van der Waals surface area contributed by atoms with Crippen molar-refractivity contribution in [2.45, 2.75) is 50.3 Å². The van der Waals surface area contributed by atoms with Crippen molar-refractivity contribution in [1.29, 1.82) is 0 Å². The Bertz CT molecular complexity index is 852. The molecule has 2 fully saturated rings. The predicted octanol–water partition coefficient (Wildman–Crippen LogP) is 2.58. The lowest BCUT2D eigenvalue weighted by atomic mass is 9.96. The Labute approximate surface area is 173 Å². The fourth-order valence-corrected chi connectivity index (χ4v) is 5.87. The van der Waals surface area contributed by atoms with Gasteiger partial charge >= 0.3 is 5.97 Å². The van der Waals surface area contributed by atoms with Crippen LogP contribution in [-0.4, -0.2) is 62.8 Å². The Hall–Kier alpha value is -1.93. The van der Waals surface area contributed by atoms with Gasteiger partial charge in [0.25, 0.3) is 5.91 Å². The van der Waals surface area contributed by atoms with Crippen molar-refractivity contribution in [3.63, 3.8) is 0 Å². The second-order valence-corrected chi connectivity index (χ2v) is 9.79. The Kier molecular flexibility index (Phi) is 6.95. The van der Waals surface area contributed by atoms with Gasteiger partial charge in [0.1, 0.15) is 0 Å². The summed E-state index contributed by atoms with van der Waals surface area (Å²) >= 11 is 0. The average Bonchev–Trinajstić information content (AvgIpc) is 3.03. The maximum absolute atomic E-state index is 13.2. The average molecular weight is 423 g/mol. The summed E-state index contributed by atoms with van der Waals surface area (Å²) in [5.41, 5.74) is 1.02. The molecule has 29 heavy (non-hydrogen) atoms. The molecule has 0 spiro atoms. The molecule has 0 saturated carbocycles. The molecule has 8 heteroatoms. The highest BCUT2D eigenvalue weighted by Crippen LogP contribution is 2.26. The number of amides is 1. The van der Waals surface area contributed by atoms with E-state index < -0.39 is 10.0 Å². The number of methoxy groups -OCH3 is 1. The number of carbonyl (C=O) groups excluding carboxylic acids is 2. The van der Waals surface area contributed by atoms with Crippen LogP contribution in [0.5, 0.6) is 0 Å². The van der Waals surface area contributed by atoms with Crippen molar-refractivity contribution < 1.29 is 22.7 Å². The highest BCUT2D eigenvalue weighted by atomic mass is 32.2. The monoisotopic (exact) mass is 422 g/mol. The van der Waals surface area contributed by atoms with Crippen LogP contribution in [0.15, 0.2) is 23.1 Å². The van der Waals surface area contributed by atoms with Gasteiger partial charge in [0.15, 0.2) is 0 Å². The van der Waals surface area contributed by atoms with Gasteiger partial charge in [-0.1, -0.05) is 18.9 Å². The van der Waals surface area contributed by atoms with E-state index >= 15 is 0 Å². The molecule has 1 amide bonds. The molecule has 0 atom stereocenters. The van der Waals surface area contributed by atoms with Crippen molar-refractivity contribution >= 4 is 21.9 Å². The van der Waals surface area contributed by atoms with Crippen molar-refractivity contribution in [3.8, 4) is 0 Å². The third-order valence-electron chi connectivity index (χ3n) is 5.93. The minimum Gasteiger partial charge on any atom is -0.469 e. The molecule has 160 valence electrons. The minimum absolute atomic E-state index is 0.180. The first-order valence-corrected chi connectivity index (χ1v) is 11.8. The lowest BCUT2D eigenvalue weighted by molar-refractivity contribution is -0.146. The zero-order valence-electron chi connectivity index (χ0n) is 17.2. The summed E-state index contributed by atoms with van der Waals surface area (Å²) in [5.74, 6) is -0.611. The summed E-state index contributed by atoms with van der Waals surface area (Å²) in [6, 6.07) is 4.91. The summed E-state index contributed by atoms with van der Waals surface area (Å²) < 4.78 is 32.8. The molecule has 0 N–H and O–H groups in total. The van der Waals surface area contributed by atoms with Gasteiger partial charge in [0, 0.05) is 31.7 Å². The zero-order valence-corrected chi connectivity index (χ0v) is 18.0. The molecule has 0 bridgehead atoms. The zero-order chi connectivity index (χ0) is 21.0. The van der Waals surface area contributed by atoms with E-state index in [2.05, 4.69) is 0 Å². The number of carbonyl (C=O) groups is 2. The SMILES string of the molecule is COC(=O)C1CCN(C(=O)c2ccc(C)c(S(=O)(=O)N3CCCCCC3)c2)CC1. The van der Waals surface area contributed by atoms with Crippen LogP contribution in [-0.2, 0) is 19.6 Å². The molecular formula is C21H30N2O5S. The smallest absolute Gasteiger partial charge is 0.308 e. The van der Waals surface area contributed by atoms with Gasteiger partial charge in [-0.25, -0.2) is 8.42 Å². The first-order chi connectivity index (χ1) is 13.8. The number of esters is 1. The van der Waals surface area contributed by atoms with Crippen LogP contribution in [0.1, 0.15) is 54.4 Å². The number of hydrogen-bond donors (Lipinski definition) is 0. The van der Waals surface area contributed by atoms with Crippen LogP contribution in [0.3, 0.4) is 0 Å². The number of rotatable bonds is 4. The molecule has 0 aromatic heterocycles. The lowest BCUT2D eigenvalue weighted by Crippen LogP contribution is -2.40. The molecule has 2 heterocycles. The largest absolute Gasteiger partial charge is 0.469 e. The Morgan fingerprint density at radius 3 is 2.21 bits per heavy atom. The molecule has 2 aliphatic rings. The number of aryl methyl sites for hydroxylation is 1. The van der Waals surface area contributed by atoms with Gasteiger partial charge in [-0.05, 0) is 50.3 Å². The van der Waals surface area contributed by atoms with Crippen molar-refractivity contribution in [1.82, 2.24) is 9.21 Å². The van der Waals surface area contributed by atoms with E-state index in [4.69, 9.17) is 4.74 Å². The first kappa shape index (κ1) is 21.8. The maximum atomic E-state index is 13.2. The third-order valence-corrected chi connectivity index (χ3v) is 7.98. The number of hydrogen-bond acceptors (Lipinski definition) is 5. The van der Waals surface area contributed by atoms with Gasteiger partial charge in [0.2, 0.25) is 10.0 Å². The number of piperidine rings is 1. The summed E-state index contributed by atoms with van der Waals surface area (Å²) in [4.78, 5) is 26.6. The normalized spacial score (nSPS) is 19.6. The highest BCUT2D eigenvalue weighted by Gasteiger charge is 2.30. The van der Waals surface area contributed by atoms with Crippen molar-refractivity contribution in [2.75, 3.05) is 33.3 Å². The fraction of sp³-hybridized carbons (Fsp3) is 0.619. The standard InChI is InChI=1S/C21H30N2O5S/c1-16-7-8-18(20(24)22-13-9-17(10-14-22)21(25)28-2)15-19(16)29(26,27)23-11-5-3-4-6-12-23/h7-8,15,17H,3-6,9-14H2,1-2H3. The van der Waals surface area contributed by atoms with Crippen LogP contribution >= 0.6 is 0 Å². The molecule has 7 nitrogen and oxygen atoms in total. The van der Waals surface area contributed by atoms with Gasteiger partial charge in [-0.3, -0.25) is 9.59 Å². The Balaban J connectivity index is 1.78. The fourth-order valence-electron chi connectivity index (χ4n) is 4.10. The maximum Gasteiger partial charge on any atom is 0.308 e. The Morgan fingerprint density at radius 2 is 1.62 bits per heavy atom. The minimum atomic E-state index is -3.62. The van der Waals surface area contributed by atoms with Crippen LogP contribution < -0.4 is 0 Å². The highest BCUT2D eigenvalue weighted by molar-refractivity contribution is 7.89. The summed E-state index contributed by atoms with van der Waals surface area (Å²) in [6.45, 7) is 3.74. The summed E-state index contributed by atoms with van der Waals surface area (Å²) in [5, 5.41) is 0. The van der Waals surface area contributed by atoms with Crippen LogP contribution in [0.25, 0.3) is 0 Å². The van der Waals surface area contributed by atoms with E-state index in [1.54, 1.807) is 28.3 Å². The number of ether oxygens (including phenoxy) is 1. The number of sulfonamides is 1. The molecule has 0 radical (unpaired) electrons. The van der Waals surface area contributed by atoms with E-state index in [0.29, 0.717) is 50.1 Å². The number of nitrogens with zero attached hydrogens (tertiary/aromatic N) is 2. The molecule has 0 aliphatic carbocycles. The summed E-state index contributed by atoms with van der Waals surface area (Å²) in [6.07, 6.45) is 4.95. The third kappa shape index (κ3) is 4.80. The van der Waals surface area contributed by atoms with E-state index in [1.165, 1.54) is 13.2 Å². The van der Waals surface area contributed by atoms with Crippen LogP contribution in [0.4, 0.5) is 0 Å². The second-order valence-electron chi connectivity index (χ2n) is 7.89.